The number of aryl methyl sites for hydroxylation is 4. The molecule has 4 aromatic carbocycles. The second kappa shape index (κ2) is 19.7. The van der Waals surface area contributed by atoms with E-state index in [1.165, 1.54) is 7.11 Å². The van der Waals surface area contributed by atoms with Gasteiger partial charge in [0.2, 0.25) is 0 Å². The molecule has 0 fully saturated rings. The zero-order valence-electron chi connectivity index (χ0n) is 30.9. The normalized spacial score (nSPS) is 10.4. The van der Waals surface area contributed by atoms with E-state index >= 15 is 0 Å². The van der Waals surface area contributed by atoms with Crippen molar-refractivity contribution in [3.05, 3.63) is 138 Å². The Morgan fingerprint density at radius 3 is 1.78 bits per heavy atom. The lowest BCUT2D eigenvalue weighted by Gasteiger charge is -2.20. The number of para-hydroxylation sites is 2. The maximum Gasteiger partial charge on any atom is 0.416 e. The molecule has 0 saturated heterocycles. The number of rotatable bonds is 15. The fraction of sp³-hybridized carbons (Fsp3) is 0.244. The number of amides is 1. The van der Waals surface area contributed by atoms with E-state index in [1.807, 2.05) is 74.5 Å². The first-order chi connectivity index (χ1) is 26.7. The lowest BCUT2D eigenvalue weighted by molar-refractivity contribution is -0.138. The highest BCUT2D eigenvalue weighted by molar-refractivity contribution is 5.78. The number of carbonyl (C=O) groups is 2. The molecule has 0 saturated carbocycles. The SMILES string of the molecule is COc1ccc(OC(=O)N(CC(=O)O)Cc2ccc(OCCCc3nn(-c4ccccc4)nc3C)cc2)cc1.Cc1nn(-c2ccccc2)nc1CCC#N. The van der Waals surface area contributed by atoms with Crippen LogP contribution in [0, 0.1) is 25.2 Å². The number of methoxy groups -OCH3 is 1. The Morgan fingerprint density at radius 1 is 0.727 bits per heavy atom. The van der Waals surface area contributed by atoms with Crippen molar-refractivity contribution >= 4 is 12.1 Å². The molecule has 2 aromatic heterocycles. The lowest BCUT2D eigenvalue weighted by Crippen LogP contribution is -2.37. The molecular weight excluding hydrogens is 701 g/mol. The maximum absolute atomic E-state index is 12.6. The third kappa shape index (κ3) is 11.7. The van der Waals surface area contributed by atoms with E-state index in [1.54, 1.807) is 58.1 Å². The first-order valence-electron chi connectivity index (χ1n) is 17.6. The van der Waals surface area contributed by atoms with E-state index in [9.17, 15) is 14.7 Å². The maximum atomic E-state index is 12.6. The van der Waals surface area contributed by atoms with Crippen LogP contribution in [0.25, 0.3) is 11.4 Å². The lowest BCUT2D eigenvalue weighted by atomic mass is 10.2. The third-order valence-corrected chi connectivity index (χ3v) is 8.18. The summed E-state index contributed by atoms with van der Waals surface area (Å²) in [6.45, 7) is 3.93. The van der Waals surface area contributed by atoms with E-state index in [0.29, 0.717) is 30.9 Å². The summed E-state index contributed by atoms with van der Waals surface area (Å²) in [6, 6.07) is 35.3. The number of carboxylic acid groups (broad SMARTS) is 1. The van der Waals surface area contributed by atoms with Crippen LogP contribution in [0.5, 0.6) is 17.2 Å². The smallest absolute Gasteiger partial charge is 0.416 e. The minimum Gasteiger partial charge on any atom is -0.497 e. The predicted molar refractivity (Wildman–Crippen MR) is 203 cm³/mol. The molecule has 14 heteroatoms. The van der Waals surface area contributed by atoms with Gasteiger partial charge in [0.1, 0.15) is 23.8 Å². The number of aromatic nitrogens is 6. The molecule has 0 aliphatic heterocycles. The van der Waals surface area contributed by atoms with Crippen LogP contribution in [0.1, 0.15) is 41.2 Å². The number of benzene rings is 4. The van der Waals surface area contributed by atoms with Crippen molar-refractivity contribution in [1.82, 2.24) is 34.9 Å². The Labute approximate surface area is 319 Å². The van der Waals surface area contributed by atoms with Gasteiger partial charge in [-0.15, -0.1) is 0 Å². The number of carbonyl (C=O) groups excluding carboxylic acids is 1. The average molecular weight is 743 g/mol. The van der Waals surface area contributed by atoms with Gasteiger partial charge in [-0.1, -0.05) is 48.5 Å². The van der Waals surface area contributed by atoms with Crippen molar-refractivity contribution in [2.45, 2.75) is 46.1 Å². The van der Waals surface area contributed by atoms with Gasteiger partial charge < -0.3 is 19.3 Å². The number of ether oxygens (including phenoxy) is 3. The van der Waals surface area contributed by atoms with Crippen LogP contribution in [0.15, 0.2) is 109 Å². The highest BCUT2D eigenvalue weighted by atomic mass is 16.6. The largest absolute Gasteiger partial charge is 0.497 e. The Kier molecular flexibility index (Phi) is 14.1. The van der Waals surface area contributed by atoms with E-state index in [2.05, 4.69) is 26.5 Å². The van der Waals surface area contributed by atoms with Gasteiger partial charge in [-0.3, -0.25) is 9.69 Å². The van der Waals surface area contributed by atoms with Crippen molar-refractivity contribution in [3.63, 3.8) is 0 Å². The Morgan fingerprint density at radius 2 is 1.25 bits per heavy atom. The molecule has 14 nitrogen and oxygen atoms in total. The summed E-state index contributed by atoms with van der Waals surface area (Å²) in [5, 5.41) is 35.6. The number of nitriles is 1. The summed E-state index contributed by atoms with van der Waals surface area (Å²) < 4.78 is 16.3. The van der Waals surface area contributed by atoms with Crippen LogP contribution in [0.3, 0.4) is 0 Å². The van der Waals surface area contributed by atoms with E-state index < -0.39 is 18.6 Å². The summed E-state index contributed by atoms with van der Waals surface area (Å²) in [5.74, 6) is 0.442. The molecule has 6 aromatic rings. The Balaban J connectivity index is 0.000000301. The van der Waals surface area contributed by atoms with E-state index in [0.717, 1.165) is 57.5 Å². The second-order valence-electron chi connectivity index (χ2n) is 12.3. The quantitative estimate of drug-likeness (QED) is 0.111. The summed E-state index contributed by atoms with van der Waals surface area (Å²) >= 11 is 0. The van der Waals surface area contributed by atoms with Crippen molar-refractivity contribution in [2.24, 2.45) is 0 Å². The van der Waals surface area contributed by atoms with Crippen LogP contribution in [0.4, 0.5) is 4.79 Å². The number of carboxylic acids is 1. The topological polar surface area (TPSA) is 171 Å². The fourth-order valence-electron chi connectivity index (χ4n) is 5.31. The highest BCUT2D eigenvalue weighted by Gasteiger charge is 2.20. The average Bonchev–Trinajstić information content (AvgIpc) is 3.78. The van der Waals surface area contributed by atoms with Gasteiger partial charge in [0.15, 0.2) is 0 Å². The molecule has 6 rings (SSSR count). The summed E-state index contributed by atoms with van der Waals surface area (Å²) in [6.07, 6.45) is 1.88. The van der Waals surface area contributed by atoms with Crippen LogP contribution in [-0.2, 0) is 24.2 Å². The Hall–Kier alpha value is -7.01. The molecule has 0 atom stereocenters. The summed E-state index contributed by atoms with van der Waals surface area (Å²) in [7, 11) is 1.54. The van der Waals surface area contributed by atoms with Crippen molar-refractivity contribution in [2.75, 3.05) is 20.3 Å². The molecule has 55 heavy (non-hydrogen) atoms. The predicted octanol–water partition coefficient (Wildman–Crippen LogP) is 6.71. The standard InChI is InChI=1S/C29H30N4O6.C12H12N4/c1-21-27(31-33(30-21)23-7-4-3-5-8-23)9-6-18-38-25-12-10-22(11-13-25)19-32(20-28(34)35)29(36)39-26-16-14-24(37-2)15-17-26;1-10-12(8-5-9-13)15-16(14-10)11-6-3-2-4-7-11/h3-5,7-8,10-17H,6,9,18-20H2,1-2H3,(H,34,35);2-4,6-7H,5,8H2,1H3. The molecule has 282 valence electrons. The molecule has 0 radical (unpaired) electrons. The Bertz CT molecular complexity index is 2160. The van der Waals surface area contributed by atoms with Crippen molar-refractivity contribution in [1.29, 1.82) is 5.26 Å². The van der Waals surface area contributed by atoms with Crippen LogP contribution >= 0.6 is 0 Å². The van der Waals surface area contributed by atoms with Gasteiger partial charge in [0.05, 0.1) is 53.9 Å². The first-order valence-corrected chi connectivity index (χ1v) is 17.6. The number of aliphatic carboxylic acids is 1. The van der Waals surface area contributed by atoms with E-state index in [-0.39, 0.29) is 12.3 Å². The van der Waals surface area contributed by atoms with Gasteiger partial charge in [-0.25, -0.2) is 4.79 Å². The second-order valence-corrected chi connectivity index (χ2v) is 12.3. The van der Waals surface area contributed by atoms with E-state index in [4.69, 9.17) is 19.5 Å². The fourth-order valence-corrected chi connectivity index (χ4v) is 5.31. The molecule has 0 bridgehead atoms. The van der Waals surface area contributed by atoms with Crippen LogP contribution in [0.2, 0.25) is 0 Å². The highest BCUT2D eigenvalue weighted by Crippen LogP contribution is 2.20. The summed E-state index contributed by atoms with van der Waals surface area (Å²) in [5.41, 5.74) is 6.19. The molecule has 0 aliphatic rings. The van der Waals surface area contributed by atoms with Gasteiger partial charge in [-0.2, -0.15) is 35.2 Å². The molecule has 0 unspecified atom stereocenters. The number of hydrogen-bond donors (Lipinski definition) is 1. The molecular formula is C41H42N8O6. The first kappa shape index (κ1) is 39.2. The monoisotopic (exact) mass is 742 g/mol. The zero-order valence-corrected chi connectivity index (χ0v) is 30.9. The molecule has 1 amide bonds. The van der Waals surface area contributed by atoms with Crippen LogP contribution in [-0.4, -0.2) is 72.3 Å². The van der Waals surface area contributed by atoms with Gasteiger partial charge in [0, 0.05) is 19.4 Å². The minimum absolute atomic E-state index is 0.0674. The van der Waals surface area contributed by atoms with Gasteiger partial charge >= 0.3 is 12.1 Å². The third-order valence-electron chi connectivity index (χ3n) is 8.18. The van der Waals surface area contributed by atoms with Crippen molar-refractivity contribution < 1.29 is 28.9 Å². The molecule has 0 aliphatic carbocycles. The van der Waals surface area contributed by atoms with Crippen LogP contribution < -0.4 is 14.2 Å². The van der Waals surface area contributed by atoms with Crippen molar-refractivity contribution in [3.8, 4) is 34.7 Å². The minimum atomic E-state index is -1.14. The number of hydrogen-bond acceptors (Lipinski definition) is 10. The zero-order chi connectivity index (χ0) is 39.0. The summed E-state index contributed by atoms with van der Waals surface area (Å²) in [4.78, 5) is 28.4. The van der Waals surface area contributed by atoms with Gasteiger partial charge in [-0.05, 0) is 92.9 Å². The number of nitrogens with zero attached hydrogens (tertiary/aromatic N) is 8. The molecule has 0 spiro atoms. The molecule has 1 N–H and O–H groups in total. The molecule has 2 heterocycles. The van der Waals surface area contributed by atoms with Gasteiger partial charge in [0.25, 0.3) is 0 Å².